The molecule has 108 valence electrons. The zero-order valence-corrected chi connectivity index (χ0v) is 12.5. The van der Waals surface area contributed by atoms with E-state index in [0.29, 0.717) is 6.04 Å². The molecule has 0 saturated carbocycles. The van der Waals surface area contributed by atoms with Gasteiger partial charge in [0.15, 0.2) is 0 Å². The summed E-state index contributed by atoms with van der Waals surface area (Å²) in [5, 5.41) is 3.33. The molecule has 0 aromatic carbocycles. The van der Waals surface area contributed by atoms with Gasteiger partial charge >= 0.3 is 0 Å². The van der Waals surface area contributed by atoms with Crippen molar-refractivity contribution in [2.75, 3.05) is 33.7 Å². The van der Waals surface area contributed by atoms with Gasteiger partial charge in [0, 0.05) is 24.7 Å². The van der Waals surface area contributed by atoms with E-state index in [4.69, 9.17) is 4.42 Å². The van der Waals surface area contributed by atoms with Crippen LogP contribution >= 0.6 is 0 Å². The third-order valence-electron chi connectivity index (χ3n) is 4.02. The molecular formula is C15H27N3O. The minimum absolute atomic E-state index is 0.667. The van der Waals surface area contributed by atoms with Crippen LogP contribution in [0, 0.1) is 0 Å². The summed E-state index contributed by atoms with van der Waals surface area (Å²) >= 11 is 0. The summed E-state index contributed by atoms with van der Waals surface area (Å²) < 4.78 is 5.58. The van der Waals surface area contributed by atoms with E-state index in [9.17, 15) is 0 Å². The van der Waals surface area contributed by atoms with Gasteiger partial charge in [-0.15, -0.1) is 0 Å². The monoisotopic (exact) mass is 265 g/mol. The molecule has 0 bridgehead atoms. The fraction of sp³-hybridized carbons (Fsp3) is 0.733. The minimum Gasteiger partial charge on any atom is -0.468 e. The van der Waals surface area contributed by atoms with E-state index in [1.54, 1.807) is 0 Å². The van der Waals surface area contributed by atoms with Crippen LogP contribution in [0.3, 0.4) is 0 Å². The first-order chi connectivity index (χ1) is 9.20. The van der Waals surface area contributed by atoms with Crippen LogP contribution in [0.5, 0.6) is 0 Å². The molecule has 1 aliphatic heterocycles. The number of nitrogens with zero attached hydrogens (tertiary/aromatic N) is 2. The molecule has 0 spiro atoms. The summed E-state index contributed by atoms with van der Waals surface area (Å²) in [5.74, 6) is 1.08. The number of furan rings is 1. The normalized spacial score (nSPS) is 21.2. The average Bonchev–Trinajstić information content (AvgIpc) is 2.83. The van der Waals surface area contributed by atoms with E-state index in [1.807, 2.05) is 6.26 Å². The van der Waals surface area contributed by atoms with Crippen molar-refractivity contribution in [3.63, 3.8) is 0 Å². The molecule has 1 fully saturated rings. The Labute approximate surface area is 116 Å². The molecule has 0 radical (unpaired) electrons. The first kappa shape index (κ1) is 14.6. The highest BCUT2D eigenvalue weighted by molar-refractivity contribution is 5.17. The molecule has 1 N–H and O–H groups in total. The van der Waals surface area contributed by atoms with Crippen molar-refractivity contribution in [1.29, 1.82) is 0 Å². The first-order valence-corrected chi connectivity index (χ1v) is 7.35. The van der Waals surface area contributed by atoms with Crippen LogP contribution in [0.2, 0.25) is 0 Å². The maximum absolute atomic E-state index is 5.58. The lowest BCUT2D eigenvalue weighted by Gasteiger charge is -2.35. The largest absolute Gasteiger partial charge is 0.468 e. The van der Waals surface area contributed by atoms with Gasteiger partial charge in [-0.25, -0.2) is 0 Å². The van der Waals surface area contributed by atoms with Crippen LogP contribution in [0.25, 0.3) is 0 Å². The standard InChI is InChI=1S/C15H27N3O/c1-4-16-10-15-13(7-9-19-15)11-18(3)14-6-5-8-17(2)12-14/h7,9,14,16H,4-6,8,10-12H2,1-3H3. The summed E-state index contributed by atoms with van der Waals surface area (Å²) in [6.45, 7) is 7.32. The Bertz CT molecular complexity index is 377. The molecule has 1 saturated heterocycles. The zero-order valence-electron chi connectivity index (χ0n) is 12.5. The maximum atomic E-state index is 5.58. The quantitative estimate of drug-likeness (QED) is 0.851. The number of likely N-dealkylation sites (tertiary alicyclic amines) is 1. The second-order valence-corrected chi connectivity index (χ2v) is 5.62. The van der Waals surface area contributed by atoms with Crippen LogP contribution in [-0.2, 0) is 13.1 Å². The second kappa shape index (κ2) is 7.08. The van der Waals surface area contributed by atoms with Gasteiger partial charge < -0.3 is 14.6 Å². The Morgan fingerprint density at radius 3 is 3.11 bits per heavy atom. The van der Waals surface area contributed by atoms with Crippen molar-refractivity contribution >= 4 is 0 Å². The maximum Gasteiger partial charge on any atom is 0.122 e. The molecular weight excluding hydrogens is 238 g/mol. The van der Waals surface area contributed by atoms with Crippen molar-refractivity contribution in [3.05, 3.63) is 23.7 Å². The smallest absolute Gasteiger partial charge is 0.122 e. The summed E-state index contributed by atoms with van der Waals surface area (Å²) in [6, 6.07) is 2.77. The number of rotatable bonds is 6. The molecule has 4 heteroatoms. The van der Waals surface area contributed by atoms with Crippen molar-refractivity contribution < 1.29 is 4.42 Å². The van der Waals surface area contributed by atoms with Gasteiger partial charge in [0.05, 0.1) is 12.8 Å². The van der Waals surface area contributed by atoms with E-state index in [0.717, 1.165) is 25.4 Å². The molecule has 0 amide bonds. The Kier molecular flexibility index (Phi) is 5.43. The summed E-state index contributed by atoms with van der Waals surface area (Å²) in [5.41, 5.74) is 1.32. The SMILES string of the molecule is CCNCc1occc1CN(C)C1CCCN(C)C1. The third kappa shape index (κ3) is 4.06. The van der Waals surface area contributed by atoms with Gasteiger partial charge in [0.2, 0.25) is 0 Å². The van der Waals surface area contributed by atoms with Crippen LogP contribution in [0.15, 0.2) is 16.7 Å². The van der Waals surface area contributed by atoms with Gasteiger partial charge in [-0.05, 0) is 46.1 Å². The molecule has 1 aliphatic rings. The fourth-order valence-electron chi connectivity index (χ4n) is 2.80. The third-order valence-corrected chi connectivity index (χ3v) is 4.02. The van der Waals surface area contributed by atoms with Crippen LogP contribution in [0.1, 0.15) is 31.1 Å². The van der Waals surface area contributed by atoms with Crippen LogP contribution < -0.4 is 5.32 Å². The van der Waals surface area contributed by atoms with Crippen molar-refractivity contribution in [3.8, 4) is 0 Å². The predicted octanol–water partition coefficient (Wildman–Crippen LogP) is 1.92. The van der Waals surface area contributed by atoms with E-state index < -0.39 is 0 Å². The molecule has 2 rings (SSSR count). The highest BCUT2D eigenvalue weighted by Gasteiger charge is 2.22. The van der Waals surface area contributed by atoms with Gasteiger partial charge in [-0.1, -0.05) is 6.92 Å². The minimum atomic E-state index is 0.667. The number of nitrogens with one attached hydrogen (secondary N) is 1. The van der Waals surface area contributed by atoms with E-state index >= 15 is 0 Å². The molecule has 0 aliphatic carbocycles. The Hall–Kier alpha value is -0.840. The van der Waals surface area contributed by atoms with E-state index in [2.05, 4.69) is 42.2 Å². The van der Waals surface area contributed by atoms with Gasteiger partial charge in [0.25, 0.3) is 0 Å². The summed E-state index contributed by atoms with van der Waals surface area (Å²) in [6.07, 6.45) is 4.42. The lowest BCUT2D eigenvalue weighted by atomic mass is 10.0. The lowest BCUT2D eigenvalue weighted by Crippen LogP contribution is -2.44. The molecule has 19 heavy (non-hydrogen) atoms. The molecule has 4 nitrogen and oxygen atoms in total. The lowest BCUT2D eigenvalue weighted by molar-refractivity contribution is 0.129. The summed E-state index contributed by atoms with van der Waals surface area (Å²) in [4.78, 5) is 4.90. The van der Waals surface area contributed by atoms with Crippen molar-refractivity contribution in [2.24, 2.45) is 0 Å². The van der Waals surface area contributed by atoms with Gasteiger partial charge in [-0.3, -0.25) is 4.90 Å². The van der Waals surface area contributed by atoms with Crippen molar-refractivity contribution in [2.45, 2.75) is 38.9 Å². The van der Waals surface area contributed by atoms with Crippen LogP contribution in [0.4, 0.5) is 0 Å². The molecule has 1 aromatic heterocycles. The number of likely N-dealkylation sites (N-methyl/N-ethyl adjacent to an activating group) is 2. The molecule has 1 atom stereocenters. The molecule has 1 unspecified atom stereocenters. The summed E-state index contributed by atoms with van der Waals surface area (Å²) in [7, 11) is 4.45. The highest BCUT2D eigenvalue weighted by Crippen LogP contribution is 2.18. The zero-order chi connectivity index (χ0) is 13.7. The number of piperidine rings is 1. The predicted molar refractivity (Wildman–Crippen MR) is 78.1 cm³/mol. The topological polar surface area (TPSA) is 31.7 Å². The number of hydrogen-bond acceptors (Lipinski definition) is 4. The fourth-order valence-corrected chi connectivity index (χ4v) is 2.80. The van der Waals surface area contributed by atoms with E-state index in [1.165, 1.54) is 31.5 Å². The van der Waals surface area contributed by atoms with Crippen LogP contribution in [-0.4, -0.2) is 49.6 Å². The van der Waals surface area contributed by atoms with E-state index in [-0.39, 0.29) is 0 Å². The Morgan fingerprint density at radius 1 is 1.53 bits per heavy atom. The average molecular weight is 265 g/mol. The second-order valence-electron chi connectivity index (χ2n) is 5.62. The number of hydrogen-bond donors (Lipinski definition) is 1. The first-order valence-electron chi connectivity index (χ1n) is 7.35. The Morgan fingerprint density at radius 2 is 2.37 bits per heavy atom. The highest BCUT2D eigenvalue weighted by atomic mass is 16.3. The van der Waals surface area contributed by atoms with Gasteiger partial charge in [0.1, 0.15) is 5.76 Å². The molecule has 2 heterocycles. The Balaban J connectivity index is 1.90. The van der Waals surface area contributed by atoms with Gasteiger partial charge in [-0.2, -0.15) is 0 Å². The molecule has 1 aromatic rings. The van der Waals surface area contributed by atoms with Crippen molar-refractivity contribution in [1.82, 2.24) is 15.1 Å².